The van der Waals surface area contributed by atoms with Crippen LogP contribution >= 0.6 is 11.6 Å². The molecule has 2 rings (SSSR count). The van der Waals surface area contributed by atoms with Gasteiger partial charge in [-0.05, 0) is 13.3 Å². The van der Waals surface area contributed by atoms with Crippen molar-refractivity contribution in [1.29, 1.82) is 0 Å². The number of amides is 1. The van der Waals surface area contributed by atoms with Gasteiger partial charge in [0.15, 0.2) is 0 Å². The quantitative estimate of drug-likeness (QED) is 0.701. The molecule has 0 radical (unpaired) electrons. The molecular weight excluding hydrogens is 226 g/mol. The highest BCUT2D eigenvalue weighted by molar-refractivity contribution is 6.29. The van der Waals surface area contributed by atoms with E-state index in [1.54, 1.807) is 4.90 Å². The van der Waals surface area contributed by atoms with E-state index in [4.69, 9.17) is 11.6 Å². The first kappa shape index (κ1) is 11.1. The van der Waals surface area contributed by atoms with E-state index >= 15 is 0 Å². The van der Waals surface area contributed by atoms with Crippen molar-refractivity contribution in [2.24, 2.45) is 0 Å². The predicted molar refractivity (Wildman–Crippen MR) is 61.3 cm³/mol. The molecular formula is C11H12ClN3O. The molecule has 0 aromatic carbocycles. The lowest BCUT2D eigenvalue weighted by Crippen LogP contribution is -2.35. The molecule has 0 bridgehead atoms. The molecule has 0 spiro atoms. The van der Waals surface area contributed by atoms with Crippen LogP contribution in [0.4, 0.5) is 0 Å². The van der Waals surface area contributed by atoms with Gasteiger partial charge >= 0.3 is 0 Å². The molecule has 5 heteroatoms. The molecule has 0 saturated heterocycles. The van der Waals surface area contributed by atoms with Crippen LogP contribution in [0.5, 0.6) is 0 Å². The van der Waals surface area contributed by atoms with Crippen LogP contribution in [-0.4, -0.2) is 33.9 Å². The largest absolute Gasteiger partial charge is 0.333 e. The fourth-order valence-electron chi connectivity index (χ4n) is 1.56. The van der Waals surface area contributed by atoms with Crippen molar-refractivity contribution >= 4 is 17.5 Å². The van der Waals surface area contributed by atoms with Gasteiger partial charge < -0.3 is 4.90 Å². The Morgan fingerprint density at radius 3 is 2.94 bits per heavy atom. The van der Waals surface area contributed by atoms with Crippen LogP contribution < -0.4 is 0 Å². The summed E-state index contributed by atoms with van der Waals surface area (Å²) in [7, 11) is 0. The summed E-state index contributed by atoms with van der Waals surface area (Å²) in [4.78, 5) is 21.6. The van der Waals surface area contributed by atoms with Crippen LogP contribution in [0.25, 0.3) is 0 Å². The fourth-order valence-corrected chi connectivity index (χ4v) is 1.71. The van der Waals surface area contributed by atoms with E-state index in [1.807, 2.05) is 0 Å². The molecule has 1 aromatic rings. The second-order valence-electron chi connectivity index (χ2n) is 3.78. The number of carbonyl (C=O) groups is 1. The highest BCUT2D eigenvalue weighted by Crippen LogP contribution is 2.12. The normalized spacial score (nSPS) is 15.9. The SMILES string of the molecule is CC1=CCN(C(=O)c2cncc(Cl)n2)CC1. The topological polar surface area (TPSA) is 46.1 Å². The van der Waals surface area contributed by atoms with Gasteiger partial charge in [0.05, 0.1) is 12.4 Å². The van der Waals surface area contributed by atoms with Gasteiger partial charge in [-0.15, -0.1) is 0 Å². The Labute approximate surface area is 99.0 Å². The van der Waals surface area contributed by atoms with Crippen LogP contribution in [0.15, 0.2) is 24.0 Å². The highest BCUT2D eigenvalue weighted by Gasteiger charge is 2.18. The number of halogens is 1. The summed E-state index contributed by atoms with van der Waals surface area (Å²) in [6, 6.07) is 0. The molecule has 16 heavy (non-hydrogen) atoms. The Morgan fingerprint density at radius 1 is 1.50 bits per heavy atom. The smallest absolute Gasteiger partial charge is 0.274 e. The van der Waals surface area contributed by atoms with Crippen molar-refractivity contribution in [2.45, 2.75) is 13.3 Å². The zero-order valence-electron chi connectivity index (χ0n) is 8.98. The van der Waals surface area contributed by atoms with Gasteiger partial charge in [-0.3, -0.25) is 9.78 Å². The van der Waals surface area contributed by atoms with Gasteiger partial charge in [0, 0.05) is 13.1 Å². The van der Waals surface area contributed by atoms with Crippen LogP contribution in [-0.2, 0) is 0 Å². The third kappa shape index (κ3) is 2.39. The van der Waals surface area contributed by atoms with Gasteiger partial charge in [-0.2, -0.15) is 0 Å². The number of hydrogen-bond donors (Lipinski definition) is 0. The molecule has 0 N–H and O–H groups in total. The van der Waals surface area contributed by atoms with Crippen molar-refractivity contribution in [3.8, 4) is 0 Å². The summed E-state index contributed by atoms with van der Waals surface area (Å²) in [5, 5.41) is 0.245. The number of aromatic nitrogens is 2. The fraction of sp³-hybridized carbons (Fsp3) is 0.364. The molecule has 0 unspecified atom stereocenters. The molecule has 84 valence electrons. The molecule has 1 aromatic heterocycles. The van der Waals surface area contributed by atoms with Gasteiger partial charge in [0.25, 0.3) is 5.91 Å². The summed E-state index contributed by atoms with van der Waals surface area (Å²) >= 11 is 5.69. The first-order valence-corrected chi connectivity index (χ1v) is 5.47. The molecule has 1 aliphatic heterocycles. The van der Waals surface area contributed by atoms with E-state index in [0.717, 1.165) is 13.0 Å². The molecule has 0 saturated carbocycles. The van der Waals surface area contributed by atoms with Crippen LogP contribution in [0.1, 0.15) is 23.8 Å². The number of nitrogens with zero attached hydrogens (tertiary/aromatic N) is 3. The maximum Gasteiger partial charge on any atom is 0.274 e. The van der Waals surface area contributed by atoms with Crippen LogP contribution in [0.2, 0.25) is 5.15 Å². The molecule has 0 atom stereocenters. The predicted octanol–water partition coefficient (Wildman–Crippen LogP) is 1.92. The summed E-state index contributed by atoms with van der Waals surface area (Å²) in [6.07, 6.45) is 5.83. The minimum absolute atomic E-state index is 0.112. The number of carbonyl (C=O) groups excluding carboxylic acids is 1. The monoisotopic (exact) mass is 237 g/mol. The second kappa shape index (κ2) is 4.61. The molecule has 0 fully saturated rings. The van der Waals surface area contributed by atoms with E-state index in [-0.39, 0.29) is 11.1 Å². The molecule has 2 heterocycles. The molecule has 4 nitrogen and oxygen atoms in total. The summed E-state index contributed by atoms with van der Waals surface area (Å²) in [6.45, 7) is 3.44. The maximum absolute atomic E-state index is 12.0. The Balaban J connectivity index is 2.14. The summed E-state index contributed by atoms with van der Waals surface area (Å²) in [5.74, 6) is -0.112. The molecule has 1 aliphatic rings. The Kier molecular flexibility index (Phi) is 3.19. The minimum atomic E-state index is -0.112. The minimum Gasteiger partial charge on any atom is -0.333 e. The number of rotatable bonds is 1. The highest BCUT2D eigenvalue weighted by atomic mass is 35.5. The van der Waals surface area contributed by atoms with E-state index in [1.165, 1.54) is 18.0 Å². The lowest BCUT2D eigenvalue weighted by atomic mass is 10.1. The Bertz CT molecular complexity index is 445. The maximum atomic E-state index is 12.0. The summed E-state index contributed by atoms with van der Waals surface area (Å²) in [5.41, 5.74) is 1.63. The van der Waals surface area contributed by atoms with Crippen LogP contribution in [0, 0.1) is 0 Å². The average molecular weight is 238 g/mol. The first-order chi connectivity index (χ1) is 7.66. The second-order valence-corrected chi connectivity index (χ2v) is 4.17. The van der Waals surface area contributed by atoms with Gasteiger partial charge in [-0.25, -0.2) is 4.98 Å². The third-order valence-corrected chi connectivity index (χ3v) is 2.73. The standard InChI is InChI=1S/C11H12ClN3O/c1-8-2-4-15(5-3-8)11(16)9-6-13-7-10(12)14-9/h2,6-7H,3-5H2,1H3. The van der Waals surface area contributed by atoms with E-state index in [0.29, 0.717) is 12.2 Å². The van der Waals surface area contributed by atoms with Crippen molar-refractivity contribution < 1.29 is 4.79 Å². The first-order valence-electron chi connectivity index (χ1n) is 5.09. The molecule has 1 amide bonds. The van der Waals surface area contributed by atoms with Gasteiger partial charge in [0.1, 0.15) is 10.8 Å². The van der Waals surface area contributed by atoms with Gasteiger partial charge in [0.2, 0.25) is 0 Å². The van der Waals surface area contributed by atoms with Crippen molar-refractivity contribution in [1.82, 2.24) is 14.9 Å². The van der Waals surface area contributed by atoms with Crippen molar-refractivity contribution in [3.05, 3.63) is 34.9 Å². The Morgan fingerprint density at radius 2 is 2.31 bits per heavy atom. The van der Waals surface area contributed by atoms with Crippen molar-refractivity contribution in [2.75, 3.05) is 13.1 Å². The van der Waals surface area contributed by atoms with E-state index in [9.17, 15) is 4.79 Å². The lowest BCUT2D eigenvalue weighted by molar-refractivity contribution is 0.0762. The zero-order valence-corrected chi connectivity index (χ0v) is 9.74. The third-order valence-electron chi connectivity index (χ3n) is 2.55. The van der Waals surface area contributed by atoms with Gasteiger partial charge in [-0.1, -0.05) is 23.3 Å². The van der Waals surface area contributed by atoms with Crippen molar-refractivity contribution in [3.63, 3.8) is 0 Å². The number of hydrogen-bond acceptors (Lipinski definition) is 3. The average Bonchev–Trinajstić information content (AvgIpc) is 2.29. The molecule has 0 aliphatic carbocycles. The zero-order chi connectivity index (χ0) is 11.5. The summed E-state index contributed by atoms with van der Waals surface area (Å²) < 4.78 is 0. The van der Waals surface area contributed by atoms with Crippen LogP contribution in [0.3, 0.4) is 0 Å². The van der Waals surface area contributed by atoms with E-state index < -0.39 is 0 Å². The van der Waals surface area contributed by atoms with E-state index in [2.05, 4.69) is 23.0 Å². The Hall–Kier alpha value is -1.42. The lowest BCUT2D eigenvalue weighted by Gasteiger charge is -2.24.